The SMILES string of the molecule is C1=C/C2=C3\CCC(/C=C4/CCC(/C=C5/CCC(/C=C6/CC1=C2[N-]6)[N-]5)[N-]4)[N-]3.[Mg+2]. The Morgan fingerprint density at radius 3 is 2.07 bits per heavy atom. The van der Waals surface area contributed by atoms with E-state index in [0.29, 0.717) is 6.04 Å². The van der Waals surface area contributed by atoms with Crippen molar-refractivity contribution in [1.29, 1.82) is 0 Å². The summed E-state index contributed by atoms with van der Waals surface area (Å²) in [5.41, 5.74) is 8.65. The first-order valence-electron chi connectivity index (χ1n) is 9.91. The van der Waals surface area contributed by atoms with Crippen molar-refractivity contribution < 1.29 is 0 Å². The van der Waals surface area contributed by atoms with E-state index in [4.69, 9.17) is 21.3 Å². The third-order valence-corrected chi connectivity index (χ3v) is 6.16. The zero-order chi connectivity index (χ0) is 17.1. The Labute approximate surface area is 177 Å². The minimum Gasteiger partial charge on any atom is -0.682 e. The summed E-state index contributed by atoms with van der Waals surface area (Å²) in [4.78, 5) is 0. The summed E-state index contributed by atoms with van der Waals surface area (Å²) in [6.07, 6.45) is 18.8. The van der Waals surface area contributed by atoms with Crippen molar-refractivity contribution in [3.8, 4) is 0 Å². The van der Waals surface area contributed by atoms with Crippen molar-refractivity contribution in [3.05, 3.63) is 91.3 Å². The molecule has 0 amide bonds. The summed E-state index contributed by atoms with van der Waals surface area (Å²) < 4.78 is 0. The van der Waals surface area contributed by atoms with Crippen LogP contribution in [-0.2, 0) is 0 Å². The number of nitrogens with zero attached hydrogens (tertiary/aromatic N) is 4. The molecule has 27 heavy (non-hydrogen) atoms. The maximum Gasteiger partial charge on any atom is 2.00 e. The number of hydrogen-bond donors (Lipinski definition) is 0. The van der Waals surface area contributed by atoms with E-state index in [2.05, 4.69) is 30.4 Å². The smallest absolute Gasteiger partial charge is 0.682 e. The second-order valence-corrected chi connectivity index (χ2v) is 8.04. The van der Waals surface area contributed by atoms with Crippen molar-refractivity contribution in [2.45, 2.75) is 63.1 Å². The van der Waals surface area contributed by atoms with E-state index in [1.165, 1.54) is 33.9 Å². The van der Waals surface area contributed by atoms with Crippen molar-refractivity contribution in [2.24, 2.45) is 0 Å². The van der Waals surface area contributed by atoms with Gasteiger partial charge < -0.3 is 21.3 Å². The van der Waals surface area contributed by atoms with Crippen LogP contribution < -0.4 is 0 Å². The van der Waals surface area contributed by atoms with Gasteiger partial charge in [0.2, 0.25) is 0 Å². The Kier molecular flexibility index (Phi) is 4.40. The van der Waals surface area contributed by atoms with Gasteiger partial charge in [-0.3, -0.25) is 0 Å². The maximum absolute atomic E-state index is 5.02. The second kappa shape index (κ2) is 6.78. The first-order chi connectivity index (χ1) is 12.8. The standard InChI is InChI=1S/C22H22N4.Mg/c1-7-20-21-8-6-18(25-21)11-16-3-2-14(23-16)10-15-4-5-17(24-15)12-19-9-13(1)22(20)26-19;/h1,7,10-12,14,17-18H,2-6,8-9H2;/q-4;+2/b15-10-,16-11-,19-12-,21-20-;. The molecule has 0 spiro atoms. The molecule has 5 heteroatoms. The molecule has 3 unspecified atom stereocenters. The topological polar surface area (TPSA) is 56.4 Å². The molecule has 0 radical (unpaired) electrons. The summed E-state index contributed by atoms with van der Waals surface area (Å²) in [6, 6.07) is 0.875. The Morgan fingerprint density at radius 1 is 0.704 bits per heavy atom. The molecule has 0 aromatic heterocycles. The average Bonchev–Trinajstić information content (AvgIpc) is 3.38. The van der Waals surface area contributed by atoms with Crippen molar-refractivity contribution >= 4 is 23.1 Å². The minimum atomic E-state index is 0. The molecule has 5 aliphatic heterocycles. The first kappa shape index (κ1) is 17.5. The van der Waals surface area contributed by atoms with Gasteiger partial charge in [-0.1, -0.05) is 55.4 Å². The molecule has 3 saturated heterocycles. The van der Waals surface area contributed by atoms with Gasteiger partial charge in [0.1, 0.15) is 0 Å². The molecule has 0 N–H and O–H groups in total. The predicted octanol–water partition coefficient (Wildman–Crippen LogP) is 5.73. The molecule has 8 bridgehead atoms. The molecule has 0 saturated carbocycles. The largest absolute Gasteiger partial charge is 2.00 e. The summed E-state index contributed by atoms with van der Waals surface area (Å²) in [5, 5.41) is 19.8. The monoisotopic (exact) mass is 366 g/mol. The van der Waals surface area contributed by atoms with E-state index in [-0.39, 0.29) is 35.1 Å². The second-order valence-electron chi connectivity index (χ2n) is 8.04. The van der Waals surface area contributed by atoms with E-state index in [0.717, 1.165) is 50.6 Å². The zero-order valence-corrected chi connectivity index (χ0v) is 17.0. The van der Waals surface area contributed by atoms with Gasteiger partial charge in [0.15, 0.2) is 0 Å². The molecule has 6 rings (SSSR count). The van der Waals surface area contributed by atoms with Crippen molar-refractivity contribution in [2.75, 3.05) is 0 Å². The van der Waals surface area contributed by atoms with E-state index < -0.39 is 0 Å². The molecule has 0 aromatic rings. The van der Waals surface area contributed by atoms with Crippen LogP contribution in [0.15, 0.2) is 70.0 Å². The van der Waals surface area contributed by atoms with Gasteiger partial charge in [-0.2, -0.15) is 22.8 Å². The summed E-state index contributed by atoms with van der Waals surface area (Å²) in [7, 11) is 0. The fourth-order valence-corrected chi connectivity index (χ4v) is 4.87. The third-order valence-electron chi connectivity index (χ3n) is 6.16. The van der Waals surface area contributed by atoms with Crippen LogP contribution in [0.4, 0.5) is 0 Å². The van der Waals surface area contributed by atoms with Gasteiger partial charge in [0.25, 0.3) is 0 Å². The van der Waals surface area contributed by atoms with Crippen LogP contribution >= 0.6 is 0 Å². The van der Waals surface area contributed by atoms with E-state index in [9.17, 15) is 0 Å². The Balaban J connectivity index is 0.00000160. The minimum absolute atomic E-state index is 0. The molecule has 134 valence electrons. The molecule has 4 nitrogen and oxygen atoms in total. The molecule has 3 atom stereocenters. The van der Waals surface area contributed by atoms with E-state index >= 15 is 0 Å². The van der Waals surface area contributed by atoms with E-state index in [1.54, 1.807) is 0 Å². The van der Waals surface area contributed by atoms with Gasteiger partial charge in [-0.15, -0.1) is 42.1 Å². The molecular formula is C22H22MgN4-2. The molecule has 1 aliphatic carbocycles. The Morgan fingerprint density at radius 2 is 1.33 bits per heavy atom. The Hall–Kier alpha value is -1.59. The van der Waals surface area contributed by atoms with Crippen molar-refractivity contribution in [3.63, 3.8) is 0 Å². The molecule has 6 aliphatic rings. The quantitative estimate of drug-likeness (QED) is 0.491. The van der Waals surface area contributed by atoms with E-state index in [1.807, 2.05) is 0 Å². The van der Waals surface area contributed by atoms with Crippen LogP contribution in [0, 0.1) is 0 Å². The average molecular weight is 367 g/mol. The maximum atomic E-state index is 5.02. The van der Waals surface area contributed by atoms with Gasteiger partial charge in [0, 0.05) is 0 Å². The summed E-state index contributed by atoms with van der Waals surface area (Å²) >= 11 is 0. The van der Waals surface area contributed by atoms with Crippen LogP contribution in [0.1, 0.15) is 44.9 Å². The van der Waals surface area contributed by atoms with Gasteiger partial charge in [0.05, 0.1) is 0 Å². The molecule has 3 fully saturated rings. The van der Waals surface area contributed by atoms with Crippen LogP contribution in [0.3, 0.4) is 0 Å². The normalized spacial score (nSPS) is 41.3. The third kappa shape index (κ3) is 3.15. The van der Waals surface area contributed by atoms with Gasteiger partial charge in [-0.05, 0) is 12.8 Å². The summed E-state index contributed by atoms with van der Waals surface area (Å²) in [6.45, 7) is 0. The molecular weight excluding hydrogens is 345 g/mol. The van der Waals surface area contributed by atoms with Crippen molar-refractivity contribution in [1.82, 2.24) is 0 Å². The van der Waals surface area contributed by atoms with Gasteiger partial charge in [-0.25, -0.2) is 0 Å². The predicted molar refractivity (Wildman–Crippen MR) is 110 cm³/mol. The summed E-state index contributed by atoms with van der Waals surface area (Å²) in [5.74, 6) is 0. The van der Waals surface area contributed by atoms with Gasteiger partial charge >= 0.3 is 23.1 Å². The van der Waals surface area contributed by atoms with Crippen LogP contribution in [-0.4, -0.2) is 41.2 Å². The fraction of sp³-hybridized carbons (Fsp3) is 0.455. The zero-order valence-electron chi connectivity index (χ0n) is 15.6. The van der Waals surface area contributed by atoms with Crippen LogP contribution in [0.5, 0.6) is 0 Å². The number of rotatable bonds is 0. The van der Waals surface area contributed by atoms with Crippen LogP contribution in [0.2, 0.25) is 0 Å². The molecule has 5 heterocycles. The van der Waals surface area contributed by atoms with Crippen LogP contribution in [0.25, 0.3) is 21.3 Å². The number of allylic oxidation sites excluding steroid dienone is 6. The number of fused-ring (bicyclic) bond motifs is 7. The fourth-order valence-electron chi connectivity index (χ4n) is 4.87. The first-order valence-corrected chi connectivity index (χ1v) is 9.91. The Bertz CT molecular complexity index is 858. The molecule has 0 aromatic carbocycles. The number of hydrogen-bond acceptors (Lipinski definition) is 0.